The third kappa shape index (κ3) is 3.15. The highest BCUT2D eigenvalue weighted by Gasteiger charge is 2.34. The molecule has 1 N–H and O–H groups in total. The fourth-order valence-electron chi connectivity index (χ4n) is 1.79. The summed E-state index contributed by atoms with van der Waals surface area (Å²) in [5.74, 6) is -0.644. The molecule has 0 spiro atoms. The minimum absolute atomic E-state index is 0.188. The van der Waals surface area contributed by atoms with E-state index in [9.17, 15) is 17.6 Å². The first-order chi connectivity index (χ1) is 9.74. The molecule has 2 aromatic rings. The van der Waals surface area contributed by atoms with Crippen LogP contribution in [0.4, 0.5) is 23.4 Å². The van der Waals surface area contributed by atoms with Gasteiger partial charge in [0.1, 0.15) is 11.6 Å². The number of anilines is 1. The van der Waals surface area contributed by atoms with Gasteiger partial charge < -0.3 is 5.32 Å². The van der Waals surface area contributed by atoms with Gasteiger partial charge in [-0.15, -0.1) is 0 Å². The molecule has 0 radical (unpaired) electrons. The van der Waals surface area contributed by atoms with Gasteiger partial charge in [0.25, 0.3) is 0 Å². The minimum Gasteiger partial charge on any atom is -0.372 e. The molecule has 0 saturated carbocycles. The molecule has 1 heterocycles. The van der Waals surface area contributed by atoms with Gasteiger partial charge in [0.05, 0.1) is 15.7 Å². The van der Waals surface area contributed by atoms with Crippen molar-refractivity contribution in [1.82, 2.24) is 9.97 Å². The number of aromatic nitrogens is 2. The molecule has 0 aliphatic heterocycles. The highest BCUT2D eigenvalue weighted by Crippen LogP contribution is 2.37. The van der Waals surface area contributed by atoms with Gasteiger partial charge in [-0.2, -0.15) is 13.2 Å². The van der Waals surface area contributed by atoms with Crippen molar-refractivity contribution in [3.05, 3.63) is 39.7 Å². The number of halogens is 5. The van der Waals surface area contributed by atoms with E-state index in [-0.39, 0.29) is 5.82 Å². The molecule has 0 unspecified atom stereocenters. The van der Waals surface area contributed by atoms with Gasteiger partial charge in [-0.25, -0.2) is 14.4 Å². The van der Waals surface area contributed by atoms with Gasteiger partial charge in [0, 0.05) is 12.6 Å². The number of nitrogens with one attached hydrogen (secondary N) is 1. The van der Waals surface area contributed by atoms with E-state index in [4.69, 9.17) is 0 Å². The van der Waals surface area contributed by atoms with Gasteiger partial charge in [-0.1, -0.05) is 0 Å². The second kappa shape index (κ2) is 5.59. The molecule has 0 atom stereocenters. The summed E-state index contributed by atoms with van der Waals surface area (Å²) in [6.45, 7) is 1.61. The molecule has 1 aromatic carbocycles. The van der Waals surface area contributed by atoms with E-state index in [1.165, 1.54) is 0 Å². The van der Waals surface area contributed by atoms with Crippen LogP contribution in [0.5, 0.6) is 0 Å². The lowest BCUT2D eigenvalue weighted by Crippen LogP contribution is -2.10. The van der Waals surface area contributed by atoms with E-state index in [1.807, 2.05) is 0 Å². The Hall–Kier alpha value is -1.70. The quantitative estimate of drug-likeness (QED) is 0.802. The summed E-state index contributed by atoms with van der Waals surface area (Å²) in [6, 6.07) is 2.23. The van der Waals surface area contributed by atoms with Crippen LogP contribution in [0.3, 0.4) is 0 Å². The highest BCUT2D eigenvalue weighted by atomic mass is 79.9. The number of rotatable bonds is 2. The van der Waals surface area contributed by atoms with Crippen LogP contribution < -0.4 is 5.32 Å². The van der Waals surface area contributed by atoms with Gasteiger partial charge >= 0.3 is 6.18 Å². The molecule has 8 heteroatoms. The standard InChI is InChI=1S/C13H10BrF4N3/c1-6-10(14)12(19-2)21-11(20-6)8-5-7(15)3-4-9(8)13(16,17)18/h3-5H,1-2H3,(H,19,20,21). The summed E-state index contributed by atoms with van der Waals surface area (Å²) >= 11 is 3.24. The second-order valence-corrected chi connectivity index (χ2v) is 5.03. The first-order valence-electron chi connectivity index (χ1n) is 5.83. The average molecular weight is 364 g/mol. The Morgan fingerprint density at radius 2 is 1.86 bits per heavy atom. The molecule has 0 aliphatic rings. The fourth-order valence-corrected chi connectivity index (χ4v) is 2.17. The van der Waals surface area contributed by atoms with Crippen molar-refractivity contribution in [3.8, 4) is 11.4 Å². The first-order valence-corrected chi connectivity index (χ1v) is 6.62. The number of nitrogens with zero attached hydrogens (tertiary/aromatic N) is 2. The van der Waals surface area contributed by atoms with Crippen molar-refractivity contribution >= 4 is 21.7 Å². The van der Waals surface area contributed by atoms with Crippen LogP contribution in [-0.4, -0.2) is 17.0 Å². The molecule has 0 fully saturated rings. The number of benzene rings is 1. The zero-order chi connectivity index (χ0) is 15.8. The maximum absolute atomic E-state index is 13.3. The minimum atomic E-state index is -4.62. The van der Waals surface area contributed by atoms with Gasteiger partial charge in [0.15, 0.2) is 5.82 Å². The van der Waals surface area contributed by atoms with Crippen LogP contribution in [0.25, 0.3) is 11.4 Å². The highest BCUT2D eigenvalue weighted by molar-refractivity contribution is 9.10. The van der Waals surface area contributed by atoms with Crippen LogP contribution in [0.1, 0.15) is 11.3 Å². The lowest BCUT2D eigenvalue weighted by molar-refractivity contribution is -0.137. The molecule has 112 valence electrons. The monoisotopic (exact) mass is 363 g/mol. The zero-order valence-corrected chi connectivity index (χ0v) is 12.6. The van der Waals surface area contributed by atoms with Crippen LogP contribution in [0.2, 0.25) is 0 Å². The molecule has 3 nitrogen and oxygen atoms in total. The Kier molecular flexibility index (Phi) is 4.18. The van der Waals surface area contributed by atoms with Crippen LogP contribution >= 0.6 is 15.9 Å². The van der Waals surface area contributed by atoms with Crippen molar-refractivity contribution in [2.24, 2.45) is 0 Å². The van der Waals surface area contributed by atoms with E-state index >= 15 is 0 Å². The van der Waals surface area contributed by atoms with Crippen LogP contribution in [-0.2, 0) is 6.18 Å². The Labute approximate surface area is 126 Å². The van der Waals surface area contributed by atoms with Crippen molar-refractivity contribution in [1.29, 1.82) is 0 Å². The molecule has 2 rings (SSSR count). The average Bonchev–Trinajstić information content (AvgIpc) is 2.40. The van der Waals surface area contributed by atoms with Gasteiger partial charge in [0.2, 0.25) is 0 Å². The molecule has 0 bridgehead atoms. The van der Waals surface area contributed by atoms with Crippen molar-refractivity contribution in [2.75, 3.05) is 12.4 Å². The summed E-state index contributed by atoms with van der Waals surface area (Å²) in [4.78, 5) is 8.00. The summed E-state index contributed by atoms with van der Waals surface area (Å²) < 4.78 is 53.0. The number of alkyl halides is 3. The number of aryl methyl sites for hydroxylation is 1. The Bertz CT molecular complexity index is 686. The van der Waals surface area contributed by atoms with E-state index in [2.05, 4.69) is 31.2 Å². The number of hydrogen-bond donors (Lipinski definition) is 1. The topological polar surface area (TPSA) is 37.8 Å². The van der Waals surface area contributed by atoms with Crippen molar-refractivity contribution in [2.45, 2.75) is 13.1 Å². The molecule has 1 aromatic heterocycles. The molecular weight excluding hydrogens is 354 g/mol. The van der Waals surface area contributed by atoms with Crippen molar-refractivity contribution in [3.63, 3.8) is 0 Å². The van der Waals surface area contributed by atoms with E-state index in [0.29, 0.717) is 22.1 Å². The Morgan fingerprint density at radius 3 is 2.43 bits per heavy atom. The molecule has 21 heavy (non-hydrogen) atoms. The summed E-state index contributed by atoms with van der Waals surface area (Å²) in [7, 11) is 1.58. The predicted octanol–water partition coefficient (Wildman–Crippen LogP) is 4.41. The van der Waals surface area contributed by atoms with E-state index in [0.717, 1.165) is 12.1 Å². The van der Waals surface area contributed by atoms with Crippen LogP contribution in [0.15, 0.2) is 22.7 Å². The Morgan fingerprint density at radius 1 is 1.19 bits per heavy atom. The summed E-state index contributed by atoms with van der Waals surface area (Å²) in [5.41, 5.74) is -0.927. The van der Waals surface area contributed by atoms with Crippen molar-refractivity contribution < 1.29 is 17.6 Å². The maximum Gasteiger partial charge on any atom is 0.417 e. The SMILES string of the molecule is CNc1nc(-c2cc(F)ccc2C(F)(F)F)nc(C)c1Br. The predicted molar refractivity (Wildman–Crippen MR) is 74.4 cm³/mol. The maximum atomic E-state index is 13.3. The fraction of sp³-hybridized carbons (Fsp3) is 0.231. The second-order valence-electron chi connectivity index (χ2n) is 4.23. The first kappa shape index (κ1) is 15.7. The van der Waals surface area contributed by atoms with Gasteiger partial charge in [-0.3, -0.25) is 0 Å². The summed E-state index contributed by atoms with van der Waals surface area (Å²) in [6.07, 6.45) is -4.62. The van der Waals surface area contributed by atoms with Gasteiger partial charge in [-0.05, 0) is 41.1 Å². The summed E-state index contributed by atoms with van der Waals surface area (Å²) in [5, 5.41) is 2.75. The van der Waals surface area contributed by atoms with Crippen LogP contribution in [0, 0.1) is 12.7 Å². The normalized spacial score (nSPS) is 11.6. The molecule has 0 aliphatic carbocycles. The lowest BCUT2D eigenvalue weighted by atomic mass is 10.1. The number of hydrogen-bond acceptors (Lipinski definition) is 3. The third-order valence-corrected chi connectivity index (χ3v) is 3.73. The largest absolute Gasteiger partial charge is 0.417 e. The lowest BCUT2D eigenvalue weighted by Gasteiger charge is -2.14. The Balaban J connectivity index is 2.72. The zero-order valence-electron chi connectivity index (χ0n) is 11.0. The molecule has 0 amide bonds. The third-order valence-electron chi connectivity index (χ3n) is 2.78. The molecular formula is C13H10BrF4N3. The smallest absolute Gasteiger partial charge is 0.372 e. The van der Waals surface area contributed by atoms with E-state index in [1.54, 1.807) is 14.0 Å². The molecule has 0 saturated heterocycles. The van der Waals surface area contributed by atoms with E-state index < -0.39 is 23.1 Å².